The van der Waals surface area contributed by atoms with Gasteiger partial charge in [0.1, 0.15) is 5.15 Å². The number of benzene rings is 2. The van der Waals surface area contributed by atoms with E-state index in [9.17, 15) is 8.78 Å². The smallest absolute Gasteiger partial charge is 0.161 e. The van der Waals surface area contributed by atoms with Crippen molar-refractivity contribution in [3.63, 3.8) is 0 Å². The zero-order valence-electron chi connectivity index (χ0n) is 10.7. The molecular weight excluding hydrogens is 294 g/mol. The van der Waals surface area contributed by atoms with Crippen molar-refractivity contribution < 1.29 is 8.78 Å². The molecule has 0 radical (unpaired) electrons. The van der Waals surface area contributed by atoms with Gasteiger partial charge in [0.15, 0.2) is 17.5 Å². The molecule has 0 aliphatic rings. The Bertz CT molecular complexity index is 792. The fourth-order valence-corrected chi connectivity index (χ4v) is 2.12. The van der Waals surface area contributed by atoms with Crippen molar-refractivity contribution in [2.45, 2.75) is 0 Å². The van der Waals surface area contributed by atoms with Gasteiger partial charge in [-0.3, -0.25) is 0 Å². The van der Waals surface area contributed by atoms with E-state index in [-0.39, 0.29) is 11.0 Å². The van der Waals surface area contributed by atoms with Crippen LogP contribution in [0.5, 0.6) is 0 Å². The van der Waals surface area contributed by atoms with Gasteiger partial charge in [-0.1, -0.05) is 41.9 Å². The van der Waals surface area contributed by atoms with E-state index in [1.54, 1.807) is 6.07 Å². The summed E-state index contributed by atoms with van der Waals surface area (Å²) in [6.07, 6.45) is 0. The molecule has 2 aromatic carbocycles. The molecule has 1 heterocycles. The molecular formula is C16H9ClF2N2. The zero-order chi connectivity index (χ0) is 14.8. The summed E-state index contributed by atoms with van der Waals surface area (Å²) in [6, 6.07) is 14.5. The van der Waals surface area contributed by atoms with Crippen LogP contribution >= 0.6 is 11.6 Å². The lowest BCUT2D eigenvalue weighted by Crippen LogP contribution is -1.94. The third-order valence-electron chi connectivity index (χ3n) is 2.94. The summed E-state index contributed by atoms with van der Waals surface area (Å²) in [5, 5.41) is 0.239. The number of hydrogen-bond acceptors (Lipinski definition) is 2. The molecule has 0 aliphatic heterocycles. The Labute approximate surface area is 125 Å². The summed E-state index contributed by atoms with van der Waals surface area (Å²) >= 11 is 6.00. The zero-order valence-corrected chi connectivity index (χ0v) is 11.5. The summed E-state index contributed by atoms with van der Waals surface area (Å²) in [6.45, 7) is 0. The van der Waals surface area contributed by atoms with E-state index in [0.29, 0.717) is 11.3 Å². The van der Waals surface area contributed by atoms with Crippen LogP contribution in [0.4, 0.5) is 8.78 Å². The topological polar surface area (TPSA) is 25.8 Å². The molecule has 3 rings (SSSR count). The summed E-state index contributed by atoms with van der Waals surface area (Å²) < 4.78 is 26.3. The highest BCUT2D eigenvalue weighted by Crippen LogP contribution is 2.25. The van der Waals surface area contributed by atoms with E-state index in [2.05, 4.69) is 9.97 Å². The van der Waals surface area contributed by atoms with Gasteiger partial charge in [-0.25, -0.2) is 18.7 Å². The van der Waals surface area contributed by atoms with E-state index < -0.39 is 11.6 Å². The minimum Gasteiger partial charge on any atom is -0.228 e. The molecule has 21 heavy (non-hydrogen) atoms. The minimum absolute atomic E-state index is 0.239. The first-order valence-corrected chi connectivity index (χ1v) is 6.57. The van der Waals surface area contributed by atoms with Gasteiger partial charge in [0.2, 0.25) is 0 Å². The van der Waals surface area contributed by atoms with Crippen LogP contribution in [0.1, 0.15) is 0 Å². The second-order valence-electron chi connectivity index (χ2n) is 4.39. The van der Waals surface area contributed by atoms with Crippen molar-refractivity contribution in [1.29, 1.82) is 0 Å². The highest BCUT2D eigenvalue weighted by Gasteiger charge is 2.10. The van der Waals surface area contributed by atoms with Crippen LogP contribution in [-0.4, -0.2) is 9.97 Å². The molecule has 5 heteroatoms. The van der Waals surface area contributed by atoms with Crippen LogP contribution in [0.3, 0.4) is 0 Å². The summed E-state index contributed by atoms with van der Waals surface area (Å²) in [4.78, 5) is 8.43. The number of hydrogen-bond donors (Lipinski definition) is 0. The van der Waals surface area contributed by atoms with E-state index in [1.165, 1.54) is 6.07 Å². The SMILES string of the molecule is Fc1ccc(-c2nc(Cl)cc(-c3ccccc3)n2)cc1F. The first kappa shape index (κ1) is 13.6. The molecule has 0 unspecified atom stereocenters. The van der Waals surface area contributed by atoms with Crippen molar-refractivity contribution in [2.75, 3.05) is 0 Å². The van der Waals surface area contributed by atoms with E-state index in [1.807, 2.05) is 30.3 Å². The Hall–Kier alpha value is -2.33. The van der Waals surface area contributed by atoms with Gasteiger partial charge in [-0.15, -0.1) is 0 Å². The Morgan fingerprint density at radius 2 is 1.52 bits per heavy atom. The lowest BCUT2D eigenvalue weighted by atomic mass is 10.1. The van der Waals surface area contributed by atoms with Gasteiger partial charge in [0.25, 0.3) is 0 Å². The first-order chi connectivity index (χ1) is 10.1. The maximum absolute atomic E-state index is 13.3. The minimum atomic E-state index is -0.947. The Morgan fingerprint density at radius 1 is 0.762 bits per heavy atom. The highest BCUT2D eigenvalue weighted by molar-refractivity contribution is 6.29. The normalized spacial score (nSPS) is 10.6. The monoisotopic (exact) mass is 302 g/mol. The Morgan fingerprint density at radius 3 is 2.24 bits per heavy atom. The van der Waals surface area contributed by atoms with Crippen molar-refractivity contribution in [2.24, 2.45) is 0 Å². The number of rotatable bonds is 2. The van der Waals surface area contributed by atoms with Crippen LogP contribution in [0.2, 0.25) is 5.15 Å². The van der Waals surface area contributed by atoms with Gasteiger partial charge in [-0.2, -0.15) is 0 Å². The molecule has 0 saturated carbocycles. The fraction of sp³-hybridized carbons (Fsp3) is 0. The molecule has 0 fully saturated rings. The standard InChI is InChI=1S/C16H9ClF2N2/c17-15-9-14(10-4-2-1-3-5-10)20-16(21-15)11-6-7-12(18)13(19)8-11/h1-9H. The summed E-state index contributed by atoms with van der Waals surface area (Å²) in [5.74, 6) is -1.61. The molecule has 2 nitrogen and oxygen atoms in total. The van der Waals surface area contributed by atoms with Gasteiger partial charge in [-0.05, 0) is 18.2 Å². The van der Waals surface area contributed by atoms with Crippen LogP contribution in [0.15, 0.2) is 54.6 Å². The van der Waals surface area contributed by atoms with Crippen molar-refractivity contribution in [3.05, 3.63) is 71.4 Å². The predicted octanol–water partition coefficient (Wildman–Crippen LogP) is 4.74. The number of nitrogens with zero attached hydrogens (tertiary/aromatic N) is 2. The van der Waals surface area contributed by atoms with Crippen LogP contribution < -0.4 is 0 Å². The van der Waals surface area contributed by atoms with E-state index >= 15 is 0 Å². The third-order valence-corrected chi connectivity index (χ3v) is 3.14. The van der Waals surface area contributed by atoms with Crippen LogP contribution in [0, 0.1) is 11.6 Å². The lowest BCUT2D eigenvalue weighted by Gasteiger charge is -2.06. The first-order valence-electron chi connectivity index (χ1n) is 6.19. The maximum Gasteiger partial charge on any atom is 0.161 e. The lowest BCUT2D eigenvalue weighted by molar-refractivity contribution is 0.509. The van der Waals surface area contributed by atoms with Crippen molar-refractivity contribution in [1.82, 2.24) is 9.97 Å². The number of halogens is 3. The molecule has 0 atom stereocenters. The average Bonchev–Trinajstić information content (AvgIpc) is 2.50. The van der Waals surface area contributed by atoms with Gasteiger partial charge < -0.3 is 0 Å². The summed E-state index contributed by atoms with van der Waals surface area (Å²) in [5.41, 5.74) is 1.86. The van der Waals surface area contributed by atoms with E-state index in [4.69, 9.17) is 11.6 Å². The van der Waals surface area contributed by atoms with Crippen LogP contribution in [-0.2, 0) is 0 Å². The molecule has 0 aliphatic carbocycles. The molecule has 0 saturated heterocycles. The molecule has 0 N–H and O–H groups in total. The summed E-state index contributed by atoms with van der Waals surface area (Å²) in [7, 11) is 0. The van der Waals surface area contributed by atoms with Crippen molar-refractivity contribution in [3.8, 4) is 22.6 Å². The second kappa shape index (κ2) is 5.58. The Kier molecular flexibility index (Phi) is 3.62. The molecule has 104 valence electrons. The molecule has 1 aromatic heterocycles. The highest BCUT2D eigenvalue weighted by atomic mass is 35.5. The van der Waals surface area contributed by atoms with Gasteiger partial charge >= 0.3 is 0 Å². The third kappa shape index (κ3) is 2.90. The van der Waals surface area contributed by atoms with Gasteiger partial charge in [0.05, 0.1) is 5.69 Å². The fourth-order valence-electron chi connectivity index (χ4n) is 1.94. The number of aromatic nitrogens is 2. The average molecular weight is 303 g/mol. The van der Waals surface area contributed by atoms with Crippen LogP contribution in [0.25, 0.3) is 22.6 Å². The largest absolute Gasteiger partial charge is 0.228 e. The molecule has 0 bridgehead atoms. The molecule has 3 aromatic rings. The molecule has 0 spiro atoms. The predicted molar refractivity (Wildman–Crippen MR) is 77.8 cm³/mol. The molecule has 0 amide bonds. The quantitative estimate of drug-likeness (QED) is 0.639. The second-order valence-corrected chi connectivity index (χ2v) is 4.78. The maximum atomic E-state index is 13.3. The van der Waals surface area contributed by atoms with Gasteiger partial charge in [0, 0.05) is 17.2 Å². The Balaban J connectivity index is 2.11. The van der Waals surface area contributed by atoms with Crippen molar-refractivity contribution >= 4 is 11.6 Å². The van der Waals surface area contributed by atoms with E-state index in [0.717, 1.165) is 17.7 Å².